The fraction of sp³-hybridized carbons (Fsp3) is 0.333. The number of aliphatic carboxylic acids is 1. The zero-order valence-electron chi connectivity index (χ0n) is 11.8. The molecule has 1 fully saturated rings. The SMILES string of the molecule is C#Cc1cc(C(=O)N2CC[C@@H]2C(=O)O)cc(OC)c1OC. The van der Waals surface area contributed by atoms with Gasteiger partial charge >= 0.3 is 5.97 Å². The van der Waals surface area contributed by atoms with Crippen molar-refractivity contribution in [2.75, 3.05) is 20.8 Å². The van der Waals surface area contributed by atoms with E-state index in [4.69, 9.17) is 21.0 Å². The second kappa shape index (κ2) is 5.75. The number of rotatable bonds is 4. The molecule has 1 amide bonds. The van der Waals surface area contributed by atoms with Crippen LogP contribution in [0.4, 0.5) is 0 Å². The molecule has 21 heavy (non-hydrogen) atoms. The highest BCUT2D eigenvalue weighted by molar-refractivity contribution is 5.98. The van der Waals surface area contributed by atoms with Gasteiger partial charge in [0.2, 0.25) is 0 Å². The number of carbonyl (C=O) groups is 2. The van der Waals surface area contributed by atoms with Crippen molar-refractivity contribution >= 4 is 11.9 Å². The molecule has 110 valence electrons. The minimum atomic E-state index is -1.01. The van der Waals surface area contributed by atoms with Crippen molar-refractivity contribution in [3.05, 3.63) is 23.3 Å². The number of carbonyl (C=O) groups excluding carboxylic acids is 1. The number of benzene rings is 1. The van der Waals surface area contributed by atoms with Crippen molar-refractivity contribution in [1.29, 1.82) is 0 Å². The van der Waals surface area contributed by atoms with Gasteiger partial charge in [-0.05, 0) is 18.6 Å². The Hall–Kier alpha value is -2.68. The summed E-state index contributed by atoms with van der Waals surface area (Å²) in [4.78, 5) is 24.7. The van der Waals surface area contributed by atoms with E-state index in [0.717, 1.165) is 0 Å². The zero-order chi connectivity index (χ0) is 15.6. The third kappa shape index (κ3) is 2.50. The zero-order valence-corrected chi connectivity index (χ0v) is 11.8. The average Bonchev–Trinajstić information content (AvgIpc) is 2.43. The summed E-state index contributed by atoms with van der Waals surface area (Å²) in [5, 5.41) is 9.01. The molecule has 1 aromatic carbocycles. The van der Waals surface area contributed by atoms with Crippen molar-refractivity contribution in [3.8, 4) is 23.8 Å². The maximum Gasteiger partial charge on any atom is 0.326 e. The highest BCUT2D eigenvalue weighted by Crippen LogP contribution is 2.33. The van der Waals surface area contributed by atoms with Gasteiger partial charge in [0.1, 0.15) is 6.04 Å². The van der Waals surface area contributed by atoms with E-state index in [0.29, 0.717) is 30.0 Å². The lowest BCUT2D eigenvalue weighted by Gasteiger charge is -2.38. The molecule has 0 saturated carbocycles. The molecule has 1 heterocycles. The van der Waals surface area contributed by atoms with Gasteiger partial charge in [-0.3, -0.25) is 4.79 Å². The summed E-state index contributed by atoms with van der Waals surface area (Å²) in [6.07, 6.45) is 5.87. The molecule has 1 aliphatic rings. The van der Waals surface area contributed by atoms with Crippen molar-refractivity contribution in [2.24, 2.45) is 0 Å². The Bertz CT molecular complexity index is 632. The molecule has 0 radical (unpaired) electrons. The van der Waals surface area contributed by atoms with Gasteiger partial charge in [0, 0.05) is 12.1 Å². The normalized spacial score (nSPS) is 16.6. The molecule has 1 N–H and O–H groups in total. The van der Waals surface area contributed by atoms with Gasteiger partial charge in [-0.2, -0.15) is 0 Å². The van der Waals surface area contributed by atoms with E-state index in [1.807, 2.05) is 0 Å². The Balaban J connectivity index is 2.39. The summed E-state index contributed by atoms with van der Waals surface area (Å²) in [5.41, 5.74) is 0.666. The number of hydrogen-bond acceptors (Lipinski definition) is 4. The Morgan fingerprint density at radius 2 is 2.10 bits per heavy atom. The lowest BCUT2D eigenvalue weighted by molar-refractivity contribution is -0.146. The molecule has 0 aromatic heterocycles. The fourth-order valence-electron chi connectivity index (χ4n) is 2.25. The van der Waals surface area contributed by atoms with Gasteiger partial charge in [-0.25, -0.2) is 4.79 Å². The number of ether oxygens (including phenoxy) is 2. The lowest BCUT2D eigenvalue weighted by atomic mass is 10.00. The Labute approximate surface area is 122 Å². The minimum absolute atomic E-state index is 0.284. The van der Waals surface area contributed by atoms with Crippen molar-refractivity contribution < 1.29 is 24.2 Å². The average molecular weight is 289 g/mol. The Kier molecular flexibility index (Phi) is 4.03. The number of carboxylic acids is 1. The summed E-state index contributed by atoms with van der Waals surface area (Å²) in [6, 6.07) is 2.22. The van der Waals surface area contributed by atoms with Crippen LogP contribution in [0.3, 0.4) is 0 Å². The van der Waals surface area contributed by atoms with Crippen LogP contribution in [0.1, 0.15) is 22.3 Å². The maximum atomic E-state index is 12.4. The van der Waals surface area contributed by atoms with Crippen molar-refractivity contribution in [3.63, 3.8) is 0 Å². The number of terminal acetylenes is 1. The molecular formula is C15H15NO5. The second-order valence-electron chi connectivity index (χ2n) is 4.54. The molecule has 1 saturated heterocycles. The van der Waals surface area contributed by atoms with Gasteiger partial charge in [-0.15, -0.1) is 6.42 Å². The first kappa shape index (κ1) is 14.7. The molecule has 0 unspecified atom stereocenters. The molecule has 6 nitrogen and oxygen atoms in total. The van der Waals surface area contributed by atoms with Crippen LogP contribution in [0.25, 0.3) is 0 Å². The first-order valence-electron chi connectivity index (χ1n) is 6.29. The number of likely N-dealkylation sites (tertiary alicyclic amines) is 1. The Morgan fingerprint density at radius 3 is 2.52 bits per heavy atom. The topological polar surface area (TPSA) is 76.1 Å². The van der Waals surface area contributed by atoms with Crippen LogP contribution >= 0.6 is 0 Å². The minimum Gasteiger partial charge on any atom is -0.493 e. The van der Waals surface area contributed by atoms with Gasteiger partial charge in [0.25, 0.3) is 5.91 Å². The number of carboxylic acid groups (broad SMARTS) is 1. The van der Waals surface area contributed by atoms with Crippen LogP contribution in [-0.4, -0.2) is 48.7 Å². The largest absolute Gasteiger partial charge is 0.493 e. The van der Waals surface area contributed by atoms with Crippen LogP contribution in [0, 0.1) is 12.3 Å². The predicted molar refractivity (Wildman–Crippen MR) is 74.6 cm³/mol. The summed E-state index contributed by atoms with van der Waals surface area (Å²) < 4.78 is 10.3. The Morgan fingerprint density at radius 1 is 1.38 bits per heavy atom. The summed E-state index contributed by atoms with van der Waals surface area (Å²) in [6.45, 7) is 0.412. The van der Waals surface area contributed by atoms with Crippen molar-refractivity contribution in [1.82, 2.24) is 4.90 Å². The monoisotopic (exact) mass is 289 g/mol. The summed E-state index contributed by atoms with van der Waals surface area (Å²) >= 11 is 0. The van der Waals surface area contributed by atoms with Gasteiger partial charge in [0.05, 0.1) is 19.8 Å². The smallest absolute Gasteiger partial charge is 0.326 e. The van der Waals surface area contributed by atoms with E-state index in [1.165, 1.54) is 31.3 Å². The molecule has 1 aliphatic heterocycles. The van der Waals surface area contributed by atoms with E-state index in [-0.39, 0.29) is 11.5 Å². The van der Waals surface area contributed by atoms with Crippen LogP contribution in [0.2, 0.25) is 0 Å². The fourth-order valence-corrected chi connectivity index (χ4v) is 2.25. The maximum absolute atomic E-state index is 12.4. The third-order valence-electron chi connectivity index (χ3n) is 3.45. The quantitative estimate of drug-likeness (QED) is 0.836. The molecule has 1 aromatic rings. The summed E-state index contributed by atoms with van der Waals surface area (Å²) in [5.74, 6) is 1.75. The standard InChI is InChI=1S/C15H15NO5/c1-4-9-7-10(8-12(20-2)13(9)21-3)14(17)16-6-5-11(16)15(18)19/h1,7-8,11H,5-6H2,2-3H3,(H,18,19)/t11-/m1/s1. The molecule has 1 atom stereocenters. The van der Waals surface area contributed by atoms with E-state index < -0.39 is 12.0 Å². The molecule has 0 bridgehead atoms. The highest BCUT2D eigenvalue weighted by Gasteiger charge is 2.38. The third-order valence-corrected chi connectivity index (χ3v) is 3.45. The predicted octanol–water partition coefficient (Wildman–Crippen LogP) is 0.984. The number of hydrogen-bond donors (Lipinski definition) is 1. The number of nitrogens with zero attached hydrogens (tertiary/aromatic N) is 1. The molecule has 2 rings (SSSR count). The first-order chi connectivity index (χ1) is 10.0. The summed E-state index contributed by atoms with van der Waals surface area (Å²) in [7, 11) is 2.90. The van der Waals surface area contributed by atoms with Crippen LogP contribution in [0.5, 0.6) is 11.5 Å². The van der Waals surface area contributed by atoms with E-state index in [1.54, 1.807) is 0 Å². The van der Waals surface area contributed by atoms with Gasteiger partial charge < -0.3 is 19.5 Å². The molecule has 0 aliphatic carbocycles. The molecular weight excluding hydrogens is 274 g/mol. The van der Waals surface area contributed by atoms with Crippen LogP contribution in [0.15, 0.2) is 12.1 Å². The van der Waals surface area contributed by atoms with E-state index in [9.17, 15) is 9.59 Å². The van der Waals surface area contributed by atoms with Crippen LogP contribution < -0.4 is 9.47 Å². The number of amides is 1. The molecule has 0 spiro atoms. The van der Waals surface area contributed by atoms with Gasteiger partial charge in [-0.1, -0.05) is 5.92 Å². The van der Waals surface area contributed by atoms with E-state index >= 15 is 0 Å². The number of methoxy groups -OCH3 is 2. The van der Waals surface area contributed by atoms with Crippen molar-refractivity contribution in [2.45, 2.75) is 12.5 Å². The van der Waals surface area contributed by atoms with E-state index in [2.05, 4.69) is 5.92 Å². The highest BCUT2D eigenvalue weighted by atomic mass is 16.5. The van der Waals surface area contributed by atoms with Crippen LogP contribution in [-0.2, 0) is 4.79 Å². The first-order valence-corrected chi connectivity index (χ1v) is 6.29. The van der Waals surface area contributed by atoms with Gasteiger partial charge in [0.15, 0.2) is 11.5 Å². The lowest BCUT2D eigenvalue weighted by Crippen LogP contribution is -2.55. The molecule has 6 heteroatoms. The second-order valence-corrected chi connectivity index (χ2v) is 4.54.